The second-order valence-electron chi connectivity index (χ2n) is 8.52. The Balaban J connectivity index is 1.28. The largest absolute Gasteiger partial charge is 0.361 e. The molecule has 2 aromatic rings. The van der Waals surface area contributed by atoms with Crippen LogP contribution in [0.1, 0.15) is 37.3 Å². The van der Waals surface area contributed by atoms with Crippen molar-refractivity contribution >= 4 is 16.8 Å². The molecule has 25 heavy (non-hydrogen) atoms. The molecule has 1 spiro atoms. The quantitative estimate of drug-likeness (QED) is 0.812. The number of hydrogen-bond donors (Lipinski definition) is 2. The van der Waals surface area contributed by atoms with Crippen LogP contribution in [0.3, 0.4) is 0 Å². The van der Waals surface area contributed by atoms with Crippen LogP contribution in [-0.2, 0) is 11.2 Å². The Bertz CT molecular complexity index is 873. The highest BCUT2D eigenvalue weighted by Gasteiger charge is 2.64. The van der Waals surface area contributed by atoms with Gasteiger partial charge in [0.2, 0.25) is 5.91 Å². The molecule has 0 aliphatic heterocycles. The molecule has 1 aromatic heterocycles. The molecule has 2 fully saturated rings. The second-order valence-corrected chi connectivity index (χ2v) is 8.52. The summed E-state index contributed by atoms with van der Waals surface area (Å²) in [4.78, 5) is 16.2. The Kier molecular flexibility index (Phi) is 3.19. The number of aromatic nitrogens is 1. The third kappa shape index (κ3) is 2.21. The van der Waals surface area contributed by atoms with E-state index in [1.165, 1.54) is 34.9 Å². The van der Waals surface area contributed by atoms with Gasteiger partial charge in [0, 0.05) is 29.1 Å². The number of H-pyrrole nitrogens is 1. The Morgan fingerprint density at radius 2 is 2.20 bits per heavy atom. The Morgan fingerprint density at radius 1 is 1.36 bits per heavy atom. The number of aryl methyl sites for hydroxylation is 1. The molecule has 3 nitrogen and oxygen atoms in total. The molecule has 1 amide bonds. The Labute approximate surface area is 148 Å². The molecule has 3 aliphatic carbocycles. The van der Waals surface area contributed by atoms with Gasteiger partial charge < -0.3 is 10.3 Å². The normalized spacial score (nSPS) is 29.4. The SMILES string of the molecule is Cc1cccc2c(CC(C)NC(=O)C3CC4C=CC3C43CC3)c[nH]c12. The van der Waals surface area contributed by atoms with E-state index in [-0.39, 0.29) is 17.9 Å². The lowest BCUT2D eigenvalue weighted by Gasteiger charge is -2.22. The van der Waals surface area contributed by atoms with Crippen LogP contribution in [0.2, 0.25) is 0 Å². The van der Waals surface area contributed by atoms with E-state index in [1.807, 2.05) is 0 Å². The molecule has 2 saturated carbocycles. The first-order valence-corrected chi connectivity index (χ1v) is 9.63. The number of aromatic amines is 1. The van der Waals surface area contributed by atoms with Crippen molar-refractivity contribution in [1.29, 1.82) is 0 Å². The third-order valence-electron chi connectivity index (χ3n) is 6.98. The van der Waals surface area contributed by atoms with Gasteiger partial charge in [0.05, 0.1) is 0 Å². The van der Waals surface area contributed by atoms with Gasteiger partial charge in [0.1, 0.15) is 0 Å². The number of nitrogens with one attached hydrogen (secondary N) is 2. The molecule has 130 valence electrons. The number of allylic oxidation sites excluding steroid dienone is 2. The van der Waals surface area contributed by atoms with Crippen LogP contribution in [-0.4, -0.2) is 16.9 Å². The van der Waals surface area contributed by atoms with Crippen molar-refractivity contribution in [3.63, 3.8) is 0 Å². The lowest BCUT2D eigenvalue weighted by Crippen LogP contribution is -2.40. The zero-order valence-corrected chi connectivity index (χ0v) is 15.0. The lowest BCUT2D eigenvalue weighted by atomic mass is 9.88. The summed E-state index contributed by atoms with van der Waals surface area (Å²) in [6, 6.07) is 6.56. The minimum Gasteiger partial charge on any atom is -0.361 e. The molecule has 2 bridgehead atoms. The lowest BCUT2D eigenvalue weighted by molar-refractivity contribution is -0.126. The van der Waals surface area contributed by atoms with Crippen LogP contribution in [0.15, 0.2) is 36.5 Å². The van der Waals surface area contributed by atoms with Crippen molar-refractivity contribution in [3.8, 4) is 0 Å². The van der Waals surface area contributed by atoms with E-state index < -0.39 is 0 Å². The van der Waals surface area contributed by atoms with Crippen molar-refractivity contribution in [3.05, 3.63) is 47.7 Å². The van der Waals surface area contributed by atoms with E-state index in [1.54, 1.807) is 0 Å². The summed E-state index contributed by atoms with van der Waals surface area (Å²) in [7, 11) is 0. The van der Waals surface area contributed by atoms with Gasteiger partial charge in [-0.15, -0.1) is 0 Å². The number of rotatable bonds is 4. The maximum atomic E-state index is 12.9. The van der Waals surface area contributed by atoms with Crippen LogP contribution < -0.4 is 5.32 Å². The zero-order valence-electron chi connectivity index (χ0n) is 15.0. The fraction of sp³-hybridized carbons (Fsp3) is 0.500. The van der Waals surface area contributed by atoms with Crippen LogP contribution >= 0.6 is 0 Å². The molecular weight excluding hydrogens is 308 g/mol. The molecule has 3 heteroatoms. The number of amides is 1. The van der Waals surface area contributed by atoms with E-state index in [0.717, 1.165) is 12.8 Å². The van der Waals surface area contributed by atoms with Gasteiger partial charge in [-0.25, -0.2) is 0 Å². The summed E-state index contributed by atoms with van der Waals surface area (Å²) < 4.78 is 0. The average Bonchev–Trinajstić information content (AvgIpc) is 3.08. The summed E-state index contributed by atoms with van der Waals surface area (Å²) in [5.74, 6) is 1.64. The van der Waals surface area contributed by atoms with Gasteiger partial charge in [-0.2, -0.15) is 0 Å². The van der Waals surface area contributed by atoms with Gasteiger partial charge in [-0.05, 0) is 67.9 Å². The number of benzene rings is 1. The molecular formula is C22H26N2O. The number of para-hydroxylation sites is 1. The smallest absolute Gasteiger partial charge is 0.223 e. The number of hydrogen-bond acceptors (Lipinski definition) is 1. The molecule has 0 radical (unpaired) electrons. The van der Waals surface area contributed by atoms with Crippen molar-refractivity contribution in [1.82, 2.24) is 10.3 Å². The van der Waals surface area contributed by atoms with Gasteiger partial charge in [-0.3, -0.25) is 4.79 Å². The molecule has 0 saturated heterocycles. The number of carbonyl (C=O) groups excluding carboxylic acids is 1. The Hall–Kier alpha value is -2.03. The van der Waals surface area contributed by atoms with E-state index in [4.69, 9.17) is 0 Å². The first-order chi connectivity index (χ1) is 12.1. The second kappa shape index (κ2) is 5.23. The fourth-order valence-corrected chi connectivity index (χ4v) is 5.53. The topological polar surface area (TPSA) is 44.9 Å². The first kappa shape index (κ1) is 15.2. The van der Waals surface area contributed by atoms with E-state index in [0.29, 0.717) is 17.3 Å². The Morgan fingerprint density at radius 3 is 2.96 bits per heavy atom. The van der Waals surface area contributed by atoms with Crippen molar-refractivity contribution < 1.29 is 4.79 Å². The van der Waals surface area contributed by atoms with Gasteiger partial charge in [0.15, 0.2) is 0 Å². The molecule has 3 aliphatic rings. The van der Waals surface area contributed by atoms with Crippen molar-refractivity contribution in [2.75, 3.05) is 0 Å². The minimum atomic E-state index is 0.158. The van der Waals surface area contributed by atoms with E-state index in [2.05, 4.69) is 60.7 Å². The molecule has 2 N–H and O–H groups in total. The van der Waals surface area contributed by atoms with Crippen molar-refractivity contribution in [2.45, 2.75) is 45.6 Å². The molecule has 4 atom stereocenters. The van der Waals surface area contributed by atoms with E-state index in [9.17, 15) is 4.79 Å². The third-order valence-corrected chi connectivity index (χ3v) is 6.98. The summed E-state index contributed by atoms with van der Waals surface area (Å²) >= 11 is 0. The predicted octanol–water partition coefficient (Wildman–Crippen LogP) is 4.13. The highest BCUT2D eigenvalue weighted by Crippen LogP contribution is 2.70. The standard InChI is InChI=1S/C22H26N2O/c1-13-4-3-5-17-15(12-23-20(13)17)10-14(2)24-21(25)18-11-16-6-7-19(18)22(16)8-9-22/h3-7,12,14,16,18-19,23H,8-11H2,1-2H3,(H,24,25). The predicted molar refractivity (Wildman–Crippen MR) is 100 cm³/mol. The maximum absolute atomic E-state index is 12.9. The first-order valence-electron chi connectivity index (χ1n) is 9.63. The van der Waals surface area contributed by atoms with Crippen LogP contribution in [0.4, 0.5) is 0 Å². The minimum absolute atomic E-state index is 0.158. The monoisotopic (exact) mass is 334 g/mol. The van der Waals surface area contributed by atoms with Crippen LogP contribution in [0, 0.1) is 30.1 Å². The van der Waals surface area contributed by atoms with Gasteiger partial charge in [-0.1, -0.05) is 30.4 Å². The molecule has 1 aromatic carbocycles. The number of carbonyl (C=O) groups is 1. The molecule has 1 heterocycles. The molecule has 4 unspecified atom stereocenters. The maximum Gasteiger partial charge on any atom is 0.223 e. The number of fused-ring (bicyclic) bond motifs is 1. The molecule has 5 rings (SSSR count). The van der Waals surface area contributed by atoms with Gasteiger partial charge in [0.25, 0.3) is 0 Å². The van der Waals surface area contributed by atoms with Crippen LogP contribution in [0.25, 0.3) is 10.9 Å². The zero-order chi connectivity index (χ0) is 17.2. The average molecular weight is 334 g/mol. The highest BCUT2D eigenvalue weighted by molar-refractivity contribution is 5.86. The highest BCUT2D eigenvalue weighted by atomic mass is 16.2. The summed E-state index contributed by atoms with van der Waals surface area (Å²) in [6.45, 7) is 4.26. The summed E-state index contributed by atoms with van der Waals surface area (Å²) in [5.41, 5.74) is 4.26. The summed E-state index contributed by atoms with van der Waals surface area (Å²) in [6.07, 6.45) is 11.4. The summed E-state index contributed by atoms with van der Waals surface area (Å²) in [5, 5.41) is 4.58. The van der Waals surface area contributed by atoms with Crippen molar-refractivity contribution in [2.24, 2.45) is 23.2 Å². The van der Waals surface area contributed by atoms with E-state index >= 15 is 0 Å². The van der Waals surface area contributed by atoms with Gasteiger partial charge >= 0.3 is 0 Å². The fourth-order valence-electron chi connectivity index (χ4n) is 5.53. The van der Waals surface area contributed by atoms with Crippen LogP contribution in [0.5, 0.6) is 0 Å².